The Morgan fingerprint density at radius 3 is 2.16 bits per heavy atom. The normalized spacial score (nSPS) is 10.0. The monoisotopic (exact) mass is 258 g/mol. The second-order valence-corrected chi connectivity index (χ2v) is 4.24. The highest BCUT2D eigenvalue weighted by Gasteiger charge is 1.97. The minimum absolute atomic E-state index is 0.0907. The number of nitrogens with one attached hydrogen (secondary N) is 2. The SMILES string of the molecule is CC(=O)Nc1ccc(NCc2ccc(F)cc2)cc1. The van der Waals surface area contributed by atoms with Crippen molar-refractivity contribution < 1.29 is 9.18 Å². The summed E-state index contributed by atoms with van der Waals surface area (Å²) in [4.78, 5) is 10.9. The zero-order valence-corrected chi connectivity index (χ0v) is 10.6. The number of halogens is 1. The van der Waals surface area contributed by atoms with Gasteiger partial charge in [0.05, 0.1) is 0 Å². The van der Waals surface area contributed by atoms with Crippen LogP contribution in [0.3, 0.4) is 0 Å². The maximum Gasteiger partial charge on any atom is 0.221 e. The van der Waals surface area contributed by atoms with Gasteiger partial charge in [0.1, 0.15) is 5.82 Å². The number of hydrogen-bond acceptors (Lipinski definition) is 2. The van der Waals surface area contributed by atoms with Gasteiger partial charge in [-0.3, -0.25) is 4.79 Å². The Bertz CT molecular complexity index is 549. The van der Waals surface area contributed by atoms with Crippen molar-refractivity contribution in [1.29, 1.82) is 0 Å². The molecule has 0 atom stereocenters. The van der Waals surface area contributed by atoms with E-state index in [1.165, 1.54) is 19.1 Å². The average Bonchev–Trinajstić information content (AvgIpc) is 2.39. The number of hydrogen-bond donors (Lipinski definition) is 2. The first-order valence-corrected chi connectivity index (χ1v) is 5.99. The molecule has 2 rings (SSSR count). The highest BCUT2D eigenvalue weighted by Crippen LogP contribution is 2.14. The molecule has 0 saturated heterocycles. The van der Waals surface area contributed by atoms with Crippen molar-refractivity contribution in [2.24, 2.45) is 0 Å². The van der Waals surface area contributed by atoms with Crippen LogP contribution < -0.4 is 10.6 Å². The largest absolute Gasteiger partial charge is 0.381 e. The zero-order valence-electron chi connectivity index (χ0n) is 10.6. The summed E-state index contributed by atoms with van der Waals surface area (Å²) in [5.41, 5.74) is 2.71. The average molecular weight is 258 g/mol. The molecule has 2 aromatic rings. The molecule has 0 spiro atoms. The van der Waals surface area contributed by atoms with Crippen molar-refractivity contribution in [2.75, 3.05) is 10.6 Å². The Kier molecular flexibility index (Phi) is 4.13. The van der Waals surface area contributed by atoms with Gasteiger partial charge in [-0.2, -0.15) is 0 Å². The van der Waals surface area contributed by atoms with E-state index >= 15 is 0 Å². The van der Waals surface area contributed by atoms with Gasteiger partial charge in [0.25, 0.3) is 0 Å². The van der Waals surface area contributed by atoms with Gasteiger partial charge in [-0.15, -0.1) is 0 Å². The molecule has 0 bridgehead atoms. The predicted molar refractivity (Wildman–Crippen MR) is 74.5 cm³/mol. The van der Waals surface area contributed by atoms with Gasteiger partial charge in [-0.1, -0.05) is 12.1 Å². The Hall–Kier alpha value is -2.36. The highest BCUT2D eigenvalue weighted by molar-refractivity contribution is 5.88. The van der Waals surface area contributed by atoms with Crippen molar-refractivity contribution in [3.05, 3.63) is 59.9 Å². The molecule has 1 amide bonds. The van der Waals surface area contributed by atoms with E-state index in [9.17, 15) is 9.18 Å². The number of benzene rings is 2. The quantitative estimate of drug-likeness (QED) is 0.882. The molecule has 0 radical (unpaired) electrons. The molecule has 0 fully saturated rings. The molecule has 98 valence electrons. The molecular weight excluding hydrogens is 243 g/mol. The Morgan fingerprint density at radius 1 is 1.00 bits per heavy atom. The molecule has 0 aliphatic rings. The van der Waals surface area contributed by atoms with E-state index < -0.39 is 0 Å². The summed E-state index contributed by atoms with van der Waals surface area (Å²) in [6.45, 7) is 2.10. The molecular formula is C15H15FN2O. The van der Waals surface area contributed by atoms with Crippen LogP contribution >= 0.6 is 0 Å². The fourth-order valence-corrected chi connectivity index (χ4v) is 1.68. The van der Waals surface area contributed by atoms with Gasteiger partial charge >= 0.3 is 0 Å². The predicted octanol–water partition coefficient (Wildman–Crippen LogP) is 3.40. The van der Waals surface area contributed by atoms with Crippen LogP contribution in [0.15, 0.2) is 48.5 Å². The van der Waals surface area contributed by atoms with Crippen molar-refractivity contribution in [3.63, 3.8) is 0 Å². The lowest BCUT2D eigenvalue weighted by atomic mass is 10.2. The number of anilines is 2. The summed E-state index contributed by atoms with van der Waals surface area (Å²) >= 11 is 0. The zero-order chi connectivity index (χ0) is 13.7. The summed E-state index contributed by atoms with van der Waals surface area (Å²) in [5.74, 6) is -0.324. The molecule has 2 N–H and O–H groups in total. The van der Waals surface area contributed by atoms with E-state index in [0.717, 1.165) is 16.9 Å². The molecule has 0 unspecified atom stereocenters. The van der Waals surface area contributed by atoms with Crippen LogP contribution in [0.1, 0.15) is 12.5 Å². The maximum absolute atomic E-state index is 12.7. The molecule has 0 heterocycles. The van der Waals surface area contributed by atoms with Gasteiger partial charge in [0.15, 0.2) is 0 Å². The van der Waals surface area contributed by atoms with Gasteiger partial charge < -0.3 is 10.6 Å². The highest BCUT2D eigenvalue weighted by atomic mass is 19.1. The first kappa shape index (κ1) is 13.1. The fourth-order valence-electron chi connectivity index (χ4n) is 1.68. The summed E-state index contributed by atoms with van der Waals surface area (Å²) in [5, 5.41) is 5.93. The van der Waals surface area contributed by atoms with E-state index in [1.807, 2.05) is 24.3 Å². The summed E-state index contributed by atoms with van der Waals surface area (Å²) in [6.07, 6.45) is 0. The van der Waals surface area contributed by atoms with Gasteiger partial charge in [0.2, 0.25) is 5.91 Å². The van der Waals surface area contributed by atoms with Crippen LogP contribution in [0, 0.1) is 5.82 Å². The van der Waals surface area contributed by atoms with Crippen molar-refractivity contribution in [3.8, 4) is 0 Å². The van der Waals surface area contributed by atoms with Crippen molar-refractivity contribution >= 4 is 17.3 Å². The third-order valence-corrected chi connectivity index (χ3v) is 2.62. The molecule has 0 aliphatic heterocycles. The first-order valence-electron chi connectivity index (χ1n) is 5.99. The molecule has 0 aliphatic carbocycles. The molecule has 3 nitrogen and oxygen atoms in total. The smallest absolute Gasteiger partial charge is 0.221 e. The number of amides is 1. The standard InChI is InChI=1S/C15H15FN2O/c1-11(19)18-15-8-6-14(7-9-15)17-10-12-2-4-13(16)5-3-12/h2-9,17H,10H2,1H3,(H,18,19). The summed E-state index contributed by atoms with van der Waals surface area (Å²) < 4.78 is 12.7. The Morgan fingerprint density at radius 2 is 1.58 bits per heavy atom. The lowest BCUT2D eigenvalue weighted by Gasteiger charge is -2.08. The van der Waals surface area contributed by atoms with Crippen LogP contribution in [0.2, 0.25) is 0 Å². The van der Waals surface area contributed by atoms with Crippen LogP contribution in [0.25, 0.3) is 0 Å². The van der Waals surface area contributed by atoms with E-state index in [0.29, 0.717) is 6.54 Å². The van der Waals surface area contributed by atoms with E-state index in [-0.39, 0.29) is 11.7 Å². The van der Waals surface area contributed by atoms with Crippen LogP contribution in [-0.2, 0) is 11.3 Å². The fraction of sp³-hybridized carbons (Fsp3) is 0.133. The summed E-state index contributed by atoms with van der Waals surface area (Å²) in [6, 6.07) is 13.8. The van der Waals surface area contributed by atoms with Gasteiger partial charge in [0, 0.05) is 24.8 Å². The summed E-state index contributed by atoms with van der Waals surface area (Å²) in [7, 11) is 0. The third-order valence-electron chi connectivity index (χ3n) is 2.62. The van der Waals surface area contributed by atoms with Crippen LogP contribution in [0.4, 0.5) is 15.8 Å². The second-order valence-electron chi connectivity index (χ2n) is 4.24. The lowest BCUT2D eigenvalue weighted by Crippen LogP contribution is -2.05. The molecule has 0 saturated carbocycles. The maximum atomic E-state index is 12.7. The Balaban J connectivity index is 1.92. The molecule has 2 aromatic carbocycles. The molecule has 19 heavy (non-hydrogen) atoms. The van der Waals surface area contributed by atoms with Crippen LogP contribution in [-0.4, -0.2) is 5.91 Å². The van der Waals surface area contributed by atoms with Crippen LogP contribution in [0.5, 0.6) is 0 Å². The third kappa shape index (κ3) is 4.10. The lowest BCUT2D eigenvalue weighted by molar-refractivity contribution is -0.114. The van der Waals surface area contributed by atoms with Crippen molar-refractivity contribution in [1.82, 2.24) is 0 Å². The topological polar surface area (TPSA) is 41.1 Å². The number of carbonyl (C=O) groups is 1. The van der Waals surface area contributed by atoms with E-state index in [1.54, 1.807) is 12.1 Å². The van der Waals surface area contributed by atoms with Crippen molar-refractivity contribution in [2.45, 2.75) is 13.5 Å². The first-order chi connectivity index (χ1) is 9.13. The van der Waals surface area contributed by atoms with E-state index in [4.69, 9.17) is 0 Å². The number of carbonyl (C=O) groups excluding carboxylic acids is 1. The minimum atomic E-state index is -0.233. The molecule has 0 aromatic heterocycles. The second kappa shape index (κ2) is 6.00. The van der Waals surface area contributed by atoms with Gasteiger partial charge in [-0.05, 0) is 42.0 Å². The van der Waals surface area contributed by atoms with E-state index in [2.05, 4.69) is 10.6 Å². The Labute approximate surface area is 111 Å². The number of rotatable bonds is 4. The van der Waals surface area contributed by atoms with Gasteiger partial charge in [-0.25, -0.2) is 4.39 Å². The molecule has 4 heteroatoms. The minimum Gasteiger partial charge on any atom is -0.381 e.